The molecule has 0 amide bonds. The van der Waals surface area contributed by atoms with Crippen LogP contribution in [0.25, 0.3) is 0 Å². The Morgan fingerprint density at radius 3 is 2.76 bits per heavy atom. The molecule has 2 rings (SSSR count). The molecule has 1 aromatic heterocycles. The smallest absolute Gasteiger partial charge is 0.292 e. The van der Waals surface area contributed by atoms with E-state index in [1.807, 2.05) is 4.98 Å². The van der Waals surface area contributed by atoms with Crippen LogP contribution in [0, 0.1) is 10.1 Å². The topological polar surface area (TPSA) is 115 Å². The van der Waals surface area contributed by atoms with Gasteiger partial charge in [-0.15, -0.1) is 0 Å². The summed E-state index contributed by atoms with van der Waals surface area (Å²) in [6, 6.07) is 5.20. The Hall–Kier alpha value is -2.55. The van der Waals surface area contributed by atoms with Gasteiger partial charge in [0.2, 0.25) is 0 Å². The van der Waals surface area contributed by atoms with Crippen LogP contribution in [-0.2, 0) is 6.54 Å². The predicted octanol–water partition coefficient (Wildman–Crippen LogP) is 1.09. The summed E-state index contributed by atoms with van der Waals surface area (Å²) in [5, 5.41) is 10.7. The Bertz CT molecular complexity index is 839. The molecule has 21 heavy (non-hydrogen) atoms. The summed E-state index contributed by atoms with van der Waals surface area (Å²) in [5.41, 5.74) is -1.43. The average molecular weight is 354 g/mol. The lowest BCUT2D eigenvalue weighted by atomic mass is 10.1. The Balaban J connectivity index is 2.32. The average Bonchev–Trinajstić information content (AvgIpc) is 2.44. The highest BCUT2D eigenvalue weighted by atomic mass is 79.9. The zero-order valence-corrected chi connectivity index (χ0v) is 12.0. The molecule has 0 spiro atoms. The van der Waals surface area contributed by atoms with Crippen molar-refractivity contribution in [3.05, 3.63) is 71.5 Å². The fourth-order valence-electron chi connectivity index (χ4n) is 1.64. The lowest BCUT2D eigenvalue weighted by Crippen LogP contribution is -2.31. The molecule has 0 unspecified atom stereocenters. The van der Waals surface area contributed by atoms with Crippen LogP contribution in [0.15, 0.2) is 44.5 Å². The number of benzene rings is 1. The molecule has 1 heterocycles. The van der Waals surface area contributed by atoms with E-state index in [1.54, 1.807) is 0 Å². The van der Waals surface area contributed by atoms with Gasteiger partial charge in [-0.1, -0.05) is 12.1 Å². The molecule has 0 atom stereocenters. The quantitative estimate of drug-likeness (QED) is 0.501. The van der Waals surface area contributed by atoms with E-state index in [0.29, 0.717) is 0 Å². The number of nitrogens with zero attached hydrogens (tertiary/aromatic N) is 2. The highest BCUT2D eigenvalue weighted by Crippen LogP contribution is 2.14. The second-order valence-corrected chi connectivity index (χ2v) is 4.95. The number of aromatic nitrogens is 2. The van der Waals surface area contributed by atoms with Gasteiger partial charge < -0.3 is 0 Å². The van der Waals surface area contributed by atoms with Gasteiger partial charge in [0.25, 0.3) is 11.2 Å². The van der Waals surface area contributed by atoms with E-state index in [-0.39, 0.29) is 22.3 Å². The van der Waals surface area contributed by atoms with Gasteiger partial charge in [0.1, 0.15) is 0 Å². The molecule has 8 nitrogen and oxygen atoms in total. The minimum atomic E-state index is -0.734. The number of ketones is 1. The number of carbonyl (C=O) groups excluding carboxylic acids is 1. The van der Waals surface area contributed by atoms with Gasteiger partial charge in [-0.2, -0.15) is 0 Å². The second-order valence-electron chi connectivity index (χ2n) is 4.09. The zero-order chi connectivity index (χ0) is 15.6. The van der Waals surface area contributed by atoms with Crippen molar-refractivity contribution in [1.29, 1.82) is 0 Å². The van der Waals surface area contributed by atoms with E-state index < -0.39 is 22.0 Å². The lowest BCUT2D eigenvalue weighted by molar-refractivity contribution is -0.384. The maximum atomic E-state index is 12.0. The summed E-state index contributed by atoms with van der Waals surface area (Å²) < 4.78 is 1.11. The second kappa shape index (κ2) is 5.83. The summed E-state index contributed by atoms with van der Waals surface area (Å²) in [6.07, 6.45) is 1.19. The molecule has 1 aromatic carbocycles. The van der Waals surface area contributed by atoms with Crippen LogP contribution in [0.5, 0.6) is 0 Å². The van der Waals surface area contributed by atoms with Crippen LogP contribution in [-0.4, -0.2) is 20.3 Å². The number of Topliss-reactive ketones (excluding diaryl/α,β-unsaturated/α-hetero) is 1. The normalized spacial score (nSPS) is 10.3. The standard InChI is InChI=1S/C12H8BrN3O5/c13-9-5-15(12(19)14-11(9)18)6-10(17)7-2-1-3-8(4-7)16(20)21/h1-5H,6H2,(H,14,18,19). The molecule has 0 saturated carbocycles. The third kappa shape index (κ3) is 3.31. The third-order valence-corrected chi connectivity index (χ3v) is 3.23. The van der Waals surface area contributed by atoms with Crippen molar-refractivity contribution in [3.8, 4) is 0 Å². The number of nitrogens with one attached hydrogen (secondary N) is 1. The molecule has 0 fully saturated rings. The first-order valence-electron chi connectivity index (χ1n) is 5.65. The van der Waals surface area contributed by atoms with Crippen molar-refractivity contribution in [1.82, 2.24) is 9.55 Å². The number of carbonyl (C=O) groups is 1. The zero-order valence-electron chi connectivity index (χ0n) is 10.4. The monoisotopic (exact) mass is 353 g/mol. The van der Waals surface area contributed by atoms with Crippen LogP contribution in [0.4, 0.5) is 5.69 Å². The number of hydrogen-bond donors (Lipinski definition) is 1. The van der Waals surface area contributed by atoms with Crippen molar-refractivity contribution >= 4 is 27.4 Å². The van der Waals surface area contributed by atoms with Gasteiger partial charge in [-0.3, -0.25) is 29.3 Å². The Morgan fingerprint density at radius 2 is 2.10 bits per heavy atom. The maximum Gasteiger partial charge on any atom is 0.328 e. The summed E-state index contributed by atoms with van der Waals surface area (Å²) in [7, 11) is 0. The number of halogens is 1. The first-order chi connectivity index (χ1) is 9.88. The van der Waals surface area contributed by atoms with Crippen LogP contribution in [0.1, 0.15) is 10.4 Å². The highest BCUT2D eigenvalue weighted by Gasteiger charge is 2.13. The number of hydrogen-bond acceptors (Lipinski definition) is 5. The van der Waals surface area contributed by atoms with Gasteiger partial charge in [0.15, 0.2) is 5.78 Å². The fraction of sp³-hybridized carbons (Fsp3) is 0.0833. The summed E-state index contributed by atoms with van der Waals surface area (Å²) >= 11 is 2.95. The van der Waals surface area contributed by atoms with E-state index in [9.17, 15) is 24.5 Å². The Morgan fingerprint density at radius 1 is 1.38 bits per heavy atom. The number of nitro groups is 1. The van der Waals surface area contributed by atoms with Crippen molar-refractivity contribution in [2.75, 3.05) is 0 Å². The first-order valence-corrected chi connectivity index (χ1v) is 6.44. The van der Waals surface area contributed by atoms with Crippen LogP contribution >= 0.6 is 15.9 Å². The highest BCUT2D eigenvalue weighted by molar-refractivity contribution is 9.10. The number of H-pyrrole nitrogens is 1. The molecular weight excluding hydrogens is 346 g/mol. The number of non-ortho nitro benzene ring substituents is 1. The maximum absolute atomic E-state index is 12.0. The van der Waals surface area contributed by atoms with Crippen molar-refractivity contribution in [3.63, 3.8) is 0 Å². The predicted molar refractivity (Wildman–Crippen MR) is 76.4 cm³/mol. The Kier molecular flexibility index (Phi) is 4.13. The van der Waals surface area contributed by atoms with Gasteiger partial charge >= 0.3 is 5.69 Å². The number of aromatic amines is 1. The van der Waals surface area contributed by atoms with Gasteiger partial charge in [0, 0.05) is 23.9 Å². The van der Waals surface area contributed by atoms with Crippen LogP contribution < -0.4 is 11.2 Å². The number of nitro benzene ring substituents is 1. The molecule has 0 bridgehead atoms. The van der Waals surface area contributed by atoms with E-state index in [0.717, 1.165) is 10.6 Å². The molecule has 2 aromatic rings. The van der Waals surface area contributed by atoms with E-state index in [4.69, 9.17) is 0 Å². The molecule has 1 N–H and O–H groups in total. The van der Waals surface area contributed by atoms with E-state index in [1.165, 1.54) is 24.4 Å². The summed E-state index contributed by atoms with van der Waals surface area (Å²) in [4.78, 5) is 46.9. The summed E-state index contributed by atoms with van der Waals surface area (Å²) in [5.74, 6) is -0.486. The fourth-order valence-corrected chi connectivity index (χ4v) is 1.99. The summed E-state index contributed by atoms with van der Waals surface area (Å²) in [6.45, 7) is -0.338. The van der Waals surface area contributed by atoms with E-state index >= 15 is 0 Å². The van der Waals surface area contributed by atoms with Crippen LogP contribution in [0.2, 0.25) is 0 Å². The lowest BCUT2D eigenvalue weighted by Gasteiger charge is -2.05. The third-order valence-electron chi connectivity index (χ3n) is 2.66. The van der Waals surface area contributed by atoms with E-state index in [2.05, 4.69) is 15.9 Å². The molecule has 9 heteroatoms. The van der Waals surface area contributed by atoms with Crippen LogP contribution in [0.3, 0.4) is 0 Å². The van der Waals surface area contributed by atoms with Gasteiger partial charge in [-0.25, -0.2) is 4.79 Å². The first kappa shape index (κ1) is 14.9. The minimum Gasteiger partial charge on any atom is -0.292 e. The minimum absolute atomic E-state index is 0.106. The number of rotatable bonds is 4. The molecule has 0 aliphatic rings. The molecule has 108 valence electrons. The van der Waals surface area contributed by atoms with Gasteiger partial charge in [0.05, 0.1) is 15.9 Å². The molecular formula is C12H8BrN3O5. The molecule has 0 saturated heterocycles. The van der Waals surface area contributed by atoms with Crippen molar-refractivity contribution in [2.24, 2.45) is 0 Å². The largest absolute Gasteiger partial charge is 0.328 e. The molecule has 0 aliphatic carbocycles. The molecule has 0 aliphatic heterocycles. The van der Waals surface area contributed by atoms with Crippen molar-refractivity contribution in [2.45, 2.75) is 6.54 Å². The molecule has 0 radical (unpaired) electrons. The Labute approximate surface area is 125 Å². The SMILES string of the molecule is O=C(Cn1cc(Br)c(=O)[nH]c1=O)c1cccc([N+](=O)[O-])c1. The van der Waals surface area contributed by atoms with Gasteiger partial charge in [-0.05, 0) is 15.9 Å². The van der Waals surface area contributed by atoms with Crippen molar-refractivity contribution < 1.29 is 9.72 Å².